The van der Waals surface area contributed by atoms with Crippen molar-refractivity contribution in [2.24, 2.45) is 0 Å². The van der Waals surface area contributed by atoms with E-state index in [1.165, 1.54) is 0 Å². The van der Waals surface area contributed by atoms with Gasteiger partial charge in [0, 0.05) is 0 Å². The lowest BCUT2D eigenvalue weighted by Crippen LogP contribution is -2.39. The number of sulfone groups is 1. The van der Waals surface area contributed by atoms with Gasteiger partial charge in [-0.2, -0.15) is 0 Å². The summed E-state index contributed by atoms with van der Waals surface area (Å²) in [7, 11) is -3.31. The number of carbonyl (C=O) groups excluding carboxylic acids is 1. The van der Waals surface area contributed by atoms with Crippen LogP contribution in [0.3, 0.4) is 0 Å². The van der Waals surface area contributed by atoms with Crippen molar-refractivity contribution in [1.29, 1.82) is 0 Å². The Labute approximate surface area is 120 Å². The van der Waals surface area contributed by atoms with E-state index in [1.807, 2.05) is 0 Å². The van der Waals surface area contributed by atoms with Crippen molar-refractivity contribution in [3.63, 3.8) is 0 Å². The Morgan fingerprint density at radius 2 is 2.16 bits per heavy atom. The molecule has 0 bridgehead atoms. The number of nitrogens with zero attached hydrogens (tertiary/aromatic N) is 1. The number of aromatic nitrogens is 1. The zero-order chi connectivity index (χ0) is 14.0. The molecule has 1 unspecified atom stereocenters. The number of aryl methyl sites for hydroxylation is 1. The van der Waals surface area contributed by atoms with E-state index in [1.54, 1.807) is 19.1 Å². The third kappa shape index (κ3) is 3.33. The van der Waals surface area contributed by atoms with Crippen molar-refractivity contribution < 1.29 is 13.2 Å². The summed E-state index contributed by atoms with van der Waals surface area (Å²) in [4.78, 5) is 16.3. The van der Waals surface area contributed by atoms with E-state index in [2.05, 4.69) is 26.2 Å². The van der Waals surface area contributed by atoms with E-state index in [9.17, 15) is 13.2 Å². The van der Waals surface area contributed by atoms with Crippen LogP contribution >= 0.6 is 15.9 Å². The van der Waals surface area contributed by atoms with Crippen molar-refractivity contribution in [1.82, 2.24) is 4.98 Å². The van der Waals surface area contributed by atoms with Crippen LogP contribution < -0.4 is 5.32 Å². The lowest BCUT2D eigenvalue weighted by atomic mass is 10.2. The minimum atomic E-state index is -3.31. The molecule has 1 saturated heterocycles. The van der Waals surface area contributed by atoms with E-state index < -0.39 is 21.0 Å². The molecule has 0 saturated carbocycles. The molecule has 2 rings (SSSR count). The predicted molar refractivity (Wildman–Crippen MR) is 76.7 cm³/mol. The lowest BCUT2D eigenvalue weighted by Gasteiger charge is -2.21. The predicted octanol–water partition coefficient (Wildman–Crippen LogP) is 2.06. The van der Waals surface area contributed by atoms with Crippen molar-refractivity contribution >= 4 is 37.4 Å². The molecular weight excluding hydrogens is 332 g/mol. The van der Waals surface area contributed by atoms with Gasteiger partial charge in [-0.15, -0.1) is 0 Å². The smallest absolute Gasteiger partial charge is 0.242 e. The van der Waals surface area contributed by atoms with Gasteiger partial charge in [0.25, 0.3) is 0 Å². The molecule has 1 fully saturated rings. The maximum atomic E-state index is 12.1. The van der Waals surface area contributed by atoms with Gasteiger partial charge in [0.15, 0.2) is 9.84 Å². The second-order valence-electron chi connectivity index (χ2n) is 4.61. The summed E-state index contributed by atoms with van der Waals surface area (Å²) in [6.07, 6.45) is 1.82. The molecular formula is C12H15BrN2O3S. The number of nitrogens with one attached hydrogen (secondary N) is 1. The Kier molecular flexibility index (Phi) is 4.25. The van der Waals surface area contributed by atoms with Gasteiger partial charge in [0.1, 0.15) is 9.85 Å². The van der Waals surface area contributed by atoms with Gasteiger partial charge in [0.05, 0.1) is 17.1 Å². The van der Waals surface area contributed by atoms with Crippen LogP contribution in [0.1, 0.15) is 25.0 Å². The Morgan fingerprint density at radius 3 is 2.79 bits per heavy atom. The van der Waals surface area contributed by atoms with Gasteiger partial charge in [-0.3, -0.25) is 4.79 Å². The molecule has 19 heavy (non-hydrogen) atoms. The van der Waals surface area contributed by atoms with Crippen LogP contribution in [0, 0.1) is 6.92 Å². The fourth-order valence-corrected chi connectivity index (χ4v) is 4.32. The molecule has 2 heterocycles. The van der Waals surface area contributed by atoms with Gasteiger partial charge in [-0.05, 0) is 47.8 Å². The van der Waals surface area contributed by atoms with Gasteiger partial charge < -0.3 is 5.32 Å². The number of anilines is 1. The summed E-state index contributed by atoms with van der Waals surface area (Å²) in [6, 6.07) is 3.41. The first-order chi connectivity index (χ1) is 8.90. The van der Waals surface area contributed by atoms with E-state index >= 15 is 0 Å². The number of carbonyl (C=O) groups is 1. The zero-order valence-electron chi connectivity index (χ0n) is 10.5. The molecule has 7 heteroatoms. The normalized spacial score (nSPS) is 21.9. The third-order valence-electron chi connectivity index (χ3n) is 3.18. The molecule has 1 aliphatic heterocycles. The van der Waals surface area contributed by atoms with Gasteiger partial charge in [-0.25, -0.2) is 13.4 Å². The van der Waals surface area contributed by atoms with Crippen LogP contribution in [0.4, 0.5) is 5.69 Å². The average Bonchev–Trinajstić information content (AvgIpc) is 2.32. The summed E-state index contributed by atoms with van der Waals surface area (Å²) >= 11 is 3.24. The Bertz CT molecular complexity index is 601. The topological polar surface area (TPSA) is 76.1 Å². The molecule has 1 aromatic heterocycles. The highest BCUT2D eigenvalue weighted by molar-refractivity contribution is 9.10. The van der Waals surface area contributed by atoms with E-state index in [4.69, 9.17) is 0 Å². The highest BCUT2D eigenvalue weighted by Crippen LogP contribution is 2.22. The molecule has 0 radical (unpaired) electrons. The van der Waals surface area contributed by atoms with Crippen LogP contribution in [-0.2, 0) is 14.6 Å². The molecule has 1 amide bonds. The maximum absolute atomic E-state index is 12.1. The molecule has 1 N–H and O–H groups in total. The number of halogens is 1. The largest absolute Gasteiger partial charge is 0.323 e. The highest BCUT2D eigenvalue weighted by atomic mass is 79.9. The van der Waals surface area contributed by atoms with Gasteiger partial charge in [0.2, 0.25) is 5.91 Å². The Morgan fingerprint density at radius 1 is 1.42 bits per heavy atom. The van der Waals surface area contributed by atoms with Crippen LogP contribution in [0.5, 0.6) is 0 Å². The minimum Gasteiger partial charge on any atom is -0.323 e. The van der Waals surface area contributed by atoms with Crippen LogP contribution in [0.2, 0.25) is 0 Å². The average molecular weight is 347 g/mol. The first-order valence-electron chi connectivity index (χ1n) is 6.06. The summed E-state index contributed by atoms with van der Waals surface area (Å²) in [5.74, 6) is -0.352. The molecule has 1 aromatic rings. The second kappa shape index (κ2) is 5.58. The van der Waals surface area contributed by atoms with Crippen molar-refractivity contribution in [2.75, 3.05) is 11.1 Å². The number of pyridine rings is 1. The number of rotatable bonds is 2. The van der Waals surface area contributed by atoms with Crippen LogP contribution in [0.25, 0.3) is 0 Å². The lowest BCUT2D eigenvalue weighted by molar-refractivity contribution is -0.116. The first kappa shape index (κ1) is 14.5. The van der Waals surface area contributed by atoms with Crippen molar-refractivity contribution in [3.8, 4) is 0 Å². The SMILES string of the molecule is Cc1nc(Br)ccc1NC(=O)C1CCCCS1(=O)=O. The van der Waals surface area contributed by atoms with E-state index in [-0.39, 0.29) is 5.75 Å². The Balaban J connectivity index is 2.17. The quantitative estimate of drug-likeness (QED) is 0.831. The monoisotopic (exact) mass is 346 g/mol. The molecule has 0 spiro atoms. The fraction of sp³-hybridized carbons (Fsp3) is 0.500. The number of hydrogen-bond donors (Lipinski definition) is 1. The molecule has 1 atom stereocenters. The molecule has 104 valence electrons. The van der Waals surface area contributed by atoms with E-state index in [0.29, 0.717) is 28.8 Å². The molecule has 5 nitrogen and oxygen atoms in total. The Hall–Kier alpha value is -0.950. The second-order valence-corrected chi connectivity index (χ2v) is 7.72. The third-order valence-corrected chi connectivity index (χ3v) is 5.80. The van der Waals surface area contributed by atoms with Gasteiger partial charge in [-0.1, -0.05) is 6.42 Å². The standard InChI is InChI=1S/C12H15BrN2O3S/c1-8-9(5-6-11(13)14-8)15-12(16)10-4-2-3-7-19(10,17)18/h5-6,10H,2-4,7H2,1H3,(H,15,16). The summed E-state index contributed by atoms with van der Waals surface area (Å²) < 4.78 is 24.4. The summed E-state index contributed by atoms with van der Waals surface area (Å²) in [5.41, 5.74) is 1.20. The molecule has 0 aromatic carbocycles. The summed E-state index contributed by atoms with van der Waals surface area (Å²) in [5, 5.41) is 1.73. The van der Waals surface area contributed by atoms with Crippen LogP contribution in [0.15, 0.2) is 16.7 Å². The van der Waals surface area contributed by atoms with Crippen molar-refractivity contribution in [2.45, 2.75) is 31.4 Å². The van der Waals surface area contributed by atoms with E-state index in [0.717, 1.165) is 6.42 Å². The summed E-state index contributed by atoms with van der Waals surface area (Å²) in [6.45, 7) is 1.76. The number of amides is 1. The maximum Gasteiger partial charge on any atom is 0.242 e. The first-order valence-corrected chi connectivity index (χ1v) is 8.56. The molecule has 0 aliphatic carbocycles. The molecule has 1 aliphatic rings. The van der Waals surface area contributed by atoms with Crippen molar-refractivity contribution in [3.05, 3.63) is 22.4 Å². The highest BCUT2D eigenvalue weighted by Gasteiger charge is 2.34. The minimum absolute atomic E-state index is 0.0999. The fourth-order valence-electron chi connectivity index (χ4n) is 2.12. The van der Waals surface area contributed by atoms with Crippen LogP contribution in [-0.4, -0.2) is 30.3 Å². The number of hydrogen-bond acceptors (Lipinski definition) is 4. The zero-order valence-corrected chi connectivity index (χ0v) is 12.9. The van der Waals surface area contributed by atoms with Gasteiger partial charge >= 0.3 is 0 Å².